The number of rotatable bonds is 6. The summed E-state index contributed by atoms with van der Waals surface area (Å²) in [6.07, 6.45) is 2.95. The van der Waals surface area contributed by atoms with Gasteiger partial charge < -0.3 is 15.8 Å². The first-order valence-electron chi connectivity index (χ1n) is 6.63. The maximum atomic E-state index is 11.9. The molecule has 0 saturated carbocycles. The number of amides is 1. The summed E-state index contributed by atoms with van der Waals surface area (Å²) in [5, 5.41) is 13.8. The molecule has 2 rings (SSSR count). The average molecular weight is 327 g/mol. The molecule has 2 aromatic rings. The number of methoxy groups -OCH3 is 1. The fourth-order valence-corrected chi connectivity index (χ4v) is 1.90. The monoisotopic (exact) mass is 326 g/mol. The fourth-order valence-electron chi connectivity index (χ4n) is 1.90. The summed E-state index contributed by atoms with van der Waals surface area (Å²) in [5.41, 5.74) is 7.03. The van der Waals surface area contributed by atoms with Gasteiger partial charge in [-0.3, -0.25) is 4.79 Å². The topological polar surface area (TPSA) is 108 Å². The lowest BCUT2D eigenvalue weighted by molar-refractivity contribution is -0.117. The number of anilines is 1. The highest BCUT2D eigenvalue weighted by Gasteiger charge is 2.14. The normalized spacial score (nSPS) is 11.4. The van der Waals surface area contributed by atoms with Gasteiger partial charge >= 0.3 is 0 Å². The molecule has 8 nitrogen and oxygen atoms in total. The molecule has 0 bridgehead atoms. The van der Waals surface area contributed by atoms with Crippen molar-refractivity contribution in [2.75, 3.05) is 12.4 Å². The highest BCUT2D eigenvalue weighted by molar-refractivity contribution is 5.95. The Morgan fingerprint density at radius 3 is 2.86 bits per heavy atom. The molecule has 9 heteroatoms. The number of hydrogen-bond acceptors (Lipinski definition) is 6. The van der Waals surface area contributed by atoms with Gasteiger partial charge in [0.2, 0.25) is 5.91 Å². The number of hydrogen-bond donors (Lipinski definition) is 2. The Bertz CT molecular complexity index is 605. The van der Waals surface area contributed by atoms with Gasteiger partial charge in [0.25, 0.3) is 0 Å². The summed E-state index contributed by atoms with van der Waals surface area (Å²) in [6, 6.07) is 4.68. The number of nitrogens with one attached hydrogen (secondary N) is 1. The van der Waals surface area contributed by atoms with Gasteiger partial charge in [0.05, 0.1) is 13.2 Å². The van der Waals surface area contributed by atoms with Crippen LogP contribution in [0.4, 0.5) is 5.69 Å². The third kappa shape index (κ3) is 4.15. The molecule has 0 saturated heterocycles. The minimum Gasteiger partial charge on any atom is -0.494 e. The van der Waals surface area contributed by atoms with E-state index >= 15 is 0 Å². The van der Waals surface area contributed by atoms with Crippen LogP contribution >= 0.6 is 12.4 Å². The van der Waals surface area contributed by atoms with E-state index in [0.717, 1.165) is 6.42 Å². The summed E-state index contributed by atoms with van der Waals surface area (Å²) < 4.78 is 6.72. The Kier molecular flexibility index (Phi) is 6.74. The number of nitrogens with two attached hydrogens (primary N) is 1. The first-order chi connectivity index (χ1) is 10.2. The summed E-state index contributed by atoms with van der Waals surface area (Å²) in [6.45, 7) is 1.98. The van der Waals surface area contributed by atoms with E-state index in [1.807, 2.05) is 6.92 Å². The van der Waals surface area contributed by atoms with Crippen molar-refractivity contribution in [1.29, 1.82) is 0 Å². The van der Waals surface area contributed by atoms with Crippen molar-refractivity contribution >= 4 is 24.0 Å². The molecule has 1 unspecified atom stereocenters. The molecule has 1 aromatic heterocycles. The molecule has 1 aromatic carbocycles. The third-order valence-electron chi connectivity index (χ3n) is 2.98. The maximum absolute atomic E-state index is 11.9. The lowest BCUT2D eigenvalue weighted by Crippen LogP contribution is -2.35. The van der Waals surface area contributed by atoms with Crippen LogP contribution in [0.1, 0.15) is 19.8 Å². The average Bonchev–Trinajstić information content (AvgIpc) is 3.01. The van der Waals surface area contributed by atoms with Gasteiger partial charge in [-0.25, -0.2) is 0 Å². The quantitative estimate of drug-likeness (QED) is 0.824. The van der Waals surface area contributed by atoms with E-state index in [-0.39, 0.29) is 18.3 Å². The molecular formula is C13H19ClN6O2. The van der Waals surface area contributed by atoms with Crippen LogP contribution in [0.2, 0.25) is 0 Å². The van der Waals surface area contributed by atoms with Crippen LogP contribution < -0.4 is 15.8 Å². The molecule has 0 fully saturated rings. The lowest BCUT2D eigenvalue weighted by Gasteiger charge is -2.13. The fraction of sp³-hybridized carbons (Fsp3) is 0.385. The Morgan fingerprint density at radius 2 is 2.27 bits per heavy atom. The predicted octanol–water partition coefficient (Wildman–Crippen LogP) is 1.16. The second kappa shape index (κ2) is 8.30. The number of nitrogens with zero attached hydrogens (tertiary/aromatic N) is 4. The van der Waals surface area contributed by atoms with E-state index in [0.29, 0.717) is 23.5 Å². The molecule has 1 atom stereocenters. The van der Waals surface area contributed by atoms with Crippen molar-refractivity contribution < 1.29 is 9.53 Å². The van der Waals surface area contributed by atoms with Crippen molar-refractivity contribution in [3.8, 4) is 11.4 Å². The van der Waals surface area contributed by atoms with Crippen LogP contribution in [0, 0.1) is 0 Å². The van der Waals surface area contributed by atoms with Crippen molar-refractivity contribution in [1.82, 2.24) is 20.2 Å². The number of halogens is 1. The predicted molar refractivity (Wildman–Crippen MR) is 84.5 cm³/mol. The van der Waals surface area contributed by atoms with E-state index in [2.05, 4.69) is 20.8 Å². The molecule has 1 amide bonds. The molecule has 1 heterocycles. The van der Waals surface area contributed by atoms with Crippen LogP contribution in [0.15, 0.2) is 24.5 Å². The SMILES string of the molecule is CCCC(N)C(=O)Nc1ccc(OC)c(-n2cnnn2)c1.Cl. The number of tetrazole rings is 1. The summed E-state index contributed by atoms with van der Waals surface area (Å²) in [4.78, 5) is 11.9. The first-order valence-corrected chi connectivity index (χ1v) is 6.63. The number of carbonyl (C=O) groups excluding carboxylic acids is 1. The van der Waals surface area contributed by atoms with Gasteiger partial charge in [-0.15, -0.1) is 17.5 Å². The number of ether oxygens (including phenoxy) is 1. The second-order valence-electron chi connectivity index (χ2n) is 4.53. The van der Waals surface area contributed by atoms with Crippen molar-refractivity contribution in [2.45, 2.75) is 25.8 Å². The number of benzene rings is 1. The van der Waals surface area contributed by atoms with E-state index in [9.17, 15) is 4.79 Å². The van der Waals surface area contributed by atoms with Crippen LogP contribution in [0.3, 0.4) is 0 Å². The third-order valence-corrected chi connectivity index (χ3v) is 2.98. The highest BCUT2D eigenvalue weighted by atomic mass is 35.5. The van der Waals surface area contributed by atoms with E-state index < -0.39 is 6.04 Å². The summed E-state index contributed by atoms with van der Waals surface area (Å²) in [7, 11) is 1.55. The number of carbonyl (C=O) groups is 1. The highest BCUT2D eigenvalue weighted by Crippen LogP contribution is 2.25. The molecule has 120 valence electrons. The molecule has 0 aliphatic heterocycles. The molecule has 3 N–H and O–H groups in total. The second-order valence-corrected chi connectivity index (χ2v) is 4.53. The standard InChI is InChI=1S/C13H18N6O2.ClH/c1-3-4-10(14)13(20)16-9-5-6-12(21-2)11(7-9)19-8-15-17-18-19;/h5-8,10H,3-4,14H2,1-2H3,(H,16,20);1H. The summed E-state index contributed by atoms with van der Waals surface area (Å²) >= 11 is 0. The van der Waals surface area contributed by atoms with E-state index in [1.54, 1.807) is 25.3 Å². The van der Waals surface area contributed by atoms with Gasteiger partial charge in [0.1, 0.15) is 17.8 Å². The largest absolute Gasteiger partial charge is 0.494 e. The van der Waals surface area contributed by atoms with Crippen LogP contribution in [0.25, 0.3) is 5.69 Å². The van der Waals surface area contributed by atoms with Crippen LogP contribution in [-0.4, -0.2) is 39.3 Å². The van der Waals surface area contributed by atoms with Crippen molar-refractivity contribution in [2.24, 2.45) is 5.73 Å². The number of aromatic nitrogens is 4. The van der Waals surface area contributed by atoms with Crippen LogP contribution in [0.5, 0.6) is 5.75 Å². The van der Waals surface area contributed by atoms with Crippen LogP contribution in [-0.2, 0) is 4.79 Å². The van der Waals surface area contributed by atoms with Gasteiger partial charge in [0.15, 0.2) is 0 Å². The van der Waals surface area contributed by atoms with Crippen molar-refractivity contribution in [3.63, 3.8) is 0 Å². The first kappa shape index (κ1) is 17.9. The zero-order valence-electron chi connectivity index (χ0n) is 12.4. The Hall–Kier alpha value is -2.19. The smallest absolute Gasteiger partial charge is 0.241 e. The van der Waals surface area contributed by atoms with Gasteiger partial charge in [-0.1, -0.05) is 13.3 Å². The van der Waals surface area contributed by atoms with Gasteiger partial charge in [-0.05, 0) is 35.0 Å². The minimum absolute atomic E-state index is 0. The molecule has 22 heavy (non-hydrogen) atoms. The molecule has 0 aliphatic carbocycles. The van der Waals surface area contributed by atoms with Gasteiger partial charge in [-0.2, -0.15) is 4.68 Å². The zero-order valence-corrected chi connectivity index (χ0v) is 13.2. The van der Waals surface area contributed by atoms with E-state index in [4.69, 9.17) is 10.5 Å². The minimum atomic E-state index is -0.520. The zero-order chi connectivity index (χ0) is 15.2. The van der Waals surface area contributed by atoms with Crippen molar-refractivity contribution in [3.05, 3.63) is 24.5 Å². The molecule has 0 spiro atoms. The Morgan fingerprint density at radius 1 is 1.50 bits per heavy atom. The van der Waals surface area contributed by atoms with E-state index in [1.165, 1.54) is 11.0 Å². The molecule has 0 aliphatic rings. The Labute approximate surface area is 134 Å². The lowest BCUT2D eigenvalue weighted by atomic mass is 10.1. The summed E-state index contributed by atoms with van der Waals surface area (Å²) in [5.74, 6) is 0.378. The molecular weight excluding hydrogens is 308 g/mol. The Balaban J connectivity index is 0.00000242. The molecule has 0 radical (unpaired) electrons. The maximum Gasteiger partial charge on any atom is 0.241 e. The van der Waals surface area contributed by atoms with Gasteiger partial charge in [0, 0.05) is 5.69 Å².